The second kappa shape index (κ2) is 5.67. The highest BCUT2D eigenvalue weighted by Gasteiger charge is 2.22. The number of nitrogens with one attached hydrogen (secondary N) is 1. The summed E-state index contributed by atoms with van der Waals surface area (Å²) in [6.07, 6.45) is -5.18. The Kier molecular flexibility index (Phi) is 4.49. The van der Waals surface area contributed by atoms with Gasteiger partial charge < -0.3 is 16.2 Å². The Bertz CT molecular complexity index is 454. The van der Waals surface area contributed by atoms with E-state index in [2.05, 4.69) is 0 Å². The van der Waals surface area contributed by atoms with Crippen LogP contribution in [0.15, 0.2) is 12.1 Å². The smallest absolute Gasteiger partial charge is 0.265 e. The van der Waals surface area contributed by atoms with E-state index in [9.17, 15) is 22.4 Å². The Morgan fingerprint density at radius 2 is 2.00 bits per heavy atom. The van der Waals surface area contributed by atoms with Crippen LogP contribution in [0.25, 0.3) is 0 Å². The van der Waals surface area contributed by atoms with E-state index in [1.807, 2.05) is 0 Å². The summed E-state index contributed by atoms with van der Waals surface area (Å²) in [5.41, 5.74) is 3.72. The molecule has 0 aromatic heterocycles. The van der Waals surface area contributed by atoms with Crippen molar-refractivity contribution in [1.82, 2.24) is 5.32 Å². The van der Waals surface area contributed by atoms with Gasteiger partial charge in [-0.2, -0.15) is 0 Å². The van der Waals surface area contributed by atoms with Crippen LogP contribution in [0.1, 0.15) is 10.4 Å². The Morgan fingerprint density at radius 1 is 1.39 bits per heavy atom. The summed E-state index contributed by atoms with van der Waals surface area (Å²) in [7, 11) is 0. The zero-order chi connectivity index (χ0) is 13.9. The van der Waals surface area contributed by atoms with E-state index >= 15 is 0 Å². The largest absolute Gasteiger partial charge is 0.396 e. The molecule has 8 heteroatoms. The third-order valence-electron chi connectivity index (χ3n) is 2.11. The van der Waals surface area contributed by atoms with Crippen molar-refractivity contribution in [3.8, 4) is 0 Å². The van der Waals surface area contributed by atoms with Crippen LogP contribution in [0.5, 0.6) is 0 Å². The lowest BCUT2D eigenvalue weighted by Crippen LogP contribution is -2.36. The topological polar surface area (TPSA) is 75.4 Å². The first kappa shape index (κ1) is 14.2. The number of carbonyl (C=O) groups excluding carboxylic acids is 1. The third kappa shape index (κ3) is 3.10. The molecule has 0 bridgehead atoms. The number of nitrogen functional groups attached to an aromatic ring is 1. The number of anilines is 1. The predicted molar refractivity (Wildman–Crippen MR) is 55.1 cm³/mol. The molecule has 0 aliphatic carbocycles. The van der Waals surface area contributed by atoms with Crippen LogP contribution in [-0.4, -0.2) is 30.1 Å². The maximum atomic E-state index is 13.4. The monoisotopic (exact) mass is 266 g/mol. The summed E-state index contributed by atoms with van der Waals surface area (Å²) < 4.78 is 50.4. The molecule has 0 spiro atoms. The van der Waals surface area contributed by atoms with E-state index in [-0.39, 0.29) is 0 Å². The average molecular weight is 266 g/mol. The zero-order valence-corrected chi connectivity index (χ0v) is 8.96. The molecule has 18 heavy (non-hydrogen) atoms. The number of rotatable bonds is 4. The summed E-state index contributed by atoms with van der Waals surface area (Å²) in [5, 5.41) is 10.5. The summed E-state index contributed by atoms with van der Waals surface area (Å²) >= 11 is 0. The van der Waals surface area contributed by atoms with Crippen LogP contribution in [-0.2, 0) is 0 Å². The Hall–Kier alpha value is -1.83. The number of aliphatic hydroxyl groups excluding tert-OH is 1. The van der Waals surface area contributed by atoms with Crippen LogP contribution in [0, 0.1) is 11.6 Å². The Labute approximate surface area is 99.4 Å². The first-order chi connectivity index (χ1) is 8.34. The lowest BCUT2D eigenvalue weighted by molar-refractivity contribution is -0.00273. The van der Waals surface area contributed by atoms with Crippen LogP contribution < -0.4 is 11.1 Å². The van der Waals surface area contributed by atoms with Crippen molar-refractivity contribution in [3.63, 3.8) is 0 Å². The van der Waals surface area contributed by atoms with Crippen molar-refractivity contribution in [2.24, 2.45) is 0 Å². The summed E-state index contributed by atoms with van der Waals surface area (Å²) in [5.74, 6) is -3.72. The number of aliphatic hydroxyl groups is 1. The SMILES string of the molecule is Nc1ccc(F)c(C(=O)NCC(O)C(F)F)c1F. The summed E-state index contributed by atoms with van der Waals surface area (Å²) in [6, 6.07) is 1.70. The van der Waals surface area contributed by atoms with E-state index in [0.717, 1.165) is 12.1 Å². The quantitative estimate of drug-likeness (QED) is 0.560. The zero-order valence-electron chi connectivity index (χ0n) is 8.96. The molecule has 4 nitrogen and oxygen atoms in total. The molecule has 4 N–H and O–H groups in total. The van der Waals surface area contributed by atoms with Gasteiger partial charge >= 0.3 is 0 Å². The van der Waals surface area contributed by atoms with Crippen LogP contribution in [0.3, 0.4) is 0 Å². The molecule has 0 aliphatic heterocycles. The van der Waals surface area contributed by atoms with Crippen molar-refractivity contribution in [2.45, 2.75) is 12.5 Å². The van der Waals surface area contributed by atoms with E-state index in [0.29, 0.717) is 0 Å². The fourth-order valence-corrected chi connectivity index (χ4v) is 1.15. The van der Waals surface area contributed by atoms with Gasteiger partial charge in [0.1, 0.15) is 17.5 Å². The maximum Gasteiger partial charge on any atom is 0.265 e. The minimum Gasteiger partial charge on any atom is -0.396 e. The fourth-order valence-electron chi connectivity index (χ4n) is 1.15. The fraction of sp³-hybridized carbons (Fsp3) is 0.300. The highest BCUT2D eigenvalue weighted by atomic mass is 19.3. The molecule has 0 saturated carbocycles. The molecule has 1 unspecified atom stereocenters. The van der Waals surface area contributed by atoms with Gasteiger partial charge in [-0.15, -0.1) is 0 Å². The van der Waals surface area contributed by atoms with Crippen molar-refractivity contribution in [3.05, 3.63) is 29.3 Å². The number of carbonyl (C=O) groups is 1. The third-order valence-corrected chi connectivity index (χ3v) is 2.11. The lowest BCUT2D eigenvalue weighted by atomic mass is 10.1. The molecule has 1 atom stereocenters. The number of hydrogen-bond donors (Lipinski definition) is 3. The lowest BCUT2D eigenvalue weighted by Gasteiger charge is -2.12. The maximum absolute atomic E-state index is 13.4. The average Bonchev–Trinajstić information content (AvgIpc) is 2.31. The second-order valence-corrected chi connectivity index (χ2v) is 3.44. The molecule has 0 fully saturated rings. The number of nitrogens with two attached hydrogens (primary N) is 1. The van der Waals surface area contributed by atoms with Gasteiger partial charge in [-0.25, -0.2) is 17.6 Å². The van der Waals surface area contributed by atoms with Gasteiger partial charge in [0.15, 0.2) is 5.82 Å². The molecule has 0 saturated heterocycles. The molecule has 1 rings (SSSR count). The van der Waals surface area contributed by atoms with Gasteiger partial charge in [-0.1, -0.05) is 0 Å². The minimum atomic E-state index is -3.07. The molecule has 1 aromatic rings. The van der Waals surface area contributed by atoms with E-state index in [1.54, 1.807) is 5.32 Å². The van der Waals surface area contributed by atoms with Crippen molar-refractivity contribution >= 4 is 11.6 Å². The van der Waals surface area contributed by atoms with Gasteiger partial charge in [0.05, 0.1) is 5.69 Å². The number of hydrogen-bond acceptors (Lipinski definition) is 3. The highest BCUT2D eigenvalue weighted by Crippen LogP contribution is 2.18. The molecular formula is C10H10F4N2O2. The second-order valence-electron chi connectivity index (χ2n) is 3.44. The molecule has 1 aromatic carbocycles. The first-order valence-electron chi connectivity index (χ1n) is 4.82. The van der Waals surface area contributed by atoms with Gasteiger partial charge in [-0.05, 0) is 12.1 Å². The molecule has 0 heterocycles. The normalized spacial score (nSPS) is 12.6. The molecule has 100 valence electrons. The van der Waals surface area contributed by atoms with Crippen LogP contribution >= 0.6 is 0 Å². The van der Waals surface area contributed by atoms with Gasteiger partial charge in [0.25, 0.3) is 12.3 Å². The molecule has 1 amide bonds. The summed E-state index contributed by atoms with van der Waals surface area (Å²) in [4.78, 5) is 11.4. The van der Waals surface area contributed by atoms with E-state index in [1.165, 1.54) is 0 Å². The van der Waals surface area contributed by atoms with E-state index in [4.69, 9.17) is 10.8 Å². The van der Waals surface area contributed by atoms with Gasteiger partial charge in [0.2, 0.25) is 0 Å². The highest BCUT2D eigenvalue weighted by molar-refractivity contribution is 5.95. The molecule has 0 radical (unpaired) electrons. The van der Waals surface area contributed by atoms with Crippen molar-refractivity contribution in [2.75, 3.05) is 12.3 Å². The number of alkyl halides is 2. The first-order valence-corrected chi connectivity index (χ1v) is 4.82. The van der Waals surface area contributed by atoms with Crippen molar-refractivity contribution < 1.29 is 27.5 Å². The Balaban J connectivity index is 2.82. The van der Waals surface area contributed by atoms with Crippen LogP contribution in [0.4, 0.5) is 23.2 Å². The van der Waals surface area contributed by atoms with E-state index < -0.39 is 47.9 Å². The summed E-state index contributed by atoms with van der Waals surface area (Å²) in [6.45, 7) is -0.829. The number of benzene rings is 1. The minimum absolute atomic E-state index is 0.448. The Morgan fingerprint density at radius 3 is 2.56 bits per heavy atom. The number of halogens is 4. The molecular weight excluding hydrogens is 256 g/mol. The number of amides is 1. The van der Waals surface area contributed by atoms with Crippen molar-refractivity contribution in [1.29, 1.82) is 0 Å². The van der Waals surface area contributed by atoms with Gasteiger partial charge in [-0.3, -0.25) is 4.79 Å². The standard InChI is InChI=1S/C10H10F4N2O2/c11-4-1-2-5(15)8(12)7(4)10(18)16-3-6(17)9(13)14/h1-2,6,9,17H,3,15H2,(H,16,18). The molecule has 0 aliphatic rings. The van der Waals surface area contributed by atoms with Gasteiger partial charge in [0, 0.05) is 6.54 Å². The predicted octanol–water partition coefficient (Wildman–Crippen LogP) is 0.903. The van der Waals surface area contributed by atoms with Crippen LogP contribution in [0.2, 0.25) is 0 Å².